The first-order valence-corrected chi connectivity index (χ1v) is 12.0. The van der Waals surface area contributed by atoms with Crippen LogP contribution in [0.15, 0.2) is 24.8 Å². The second-order valence-corrected chi connectivity index (χ2v) is 9.57. The SMILES string of the molecule is Cc1cncc(CN2CCC3(CC2)CC(Nc2cc(C(F)(F)F)ncn2)C3)n1.O=C(O)C(F)(F)F.O=C(O)C(F)(F)F. The number of halogens is 9. The number of aliphatic carboxylic acids is 2. The molecule has 0 radical (unpaired) electrons. The number of carbonyl (C=O) groups is 2. The zero-order valence-electron chi connectivity index (χ0n) is 21.7. The van der Waals surface area contributed by atoms with Gasteiger partial charge in [-0.15, -0.1) is 0 Å². The van der Waals surface area contributed by atoms with Crippen molar-refractivity contribution in [2.24, 2.45) is 5.41 Å². The van der Waals surface area contributed by atoms with E-state index in [4.69, 9.17) is 19.8 Å². The van der Waals surface area contributed by atoms with Gasteiger partial charge in [-0.1, -0.05) is 0 Å². The molecule has 2 aromatic rings. The number of hydrogen-bond donors (Lipinski definition) is 3. The lowest BCUT2D eigenvalue weighted by atomic mass is 9.60. The molecule has 3 heterocycles. The molecule has 1 aliphatic heterocycles. The van der Waals surface area contributed by atoms with Gasteiger partial charge in [-0.2, -0.15) is 39.5 Å². The maximum atomic E-state index is 12.8. The van der Waals surface area contributed by atoms with Gasteiger partial charge < -0.3 is 15.5 Å². The highest BCUT2D eigenvalue weighted by molar-refractivity contribution is 5.73. The smallest absolute Gasteiger partial charge is 0.475 e. The first kappa shape index (κ1) is 34.4. The summed E-state index contributed by atoms with van der Waals surface area (Å²) in [5, 5.41) is 17.4. The molecule has 0 atom stereocenters. The minimum absolute atomic E-state index is 0.171. The molecule has 42 heavy (non-hydrogen) atoms. The van der Waals surface area contributed by atoms with Gasteiger partial charge in [0.25, 0.3) is 0 Å². The van der Waals surface area contributed by atoms with Crippen molar-refractivity contribution in [2.45, 2.75) is 63.7 Å². The Balaban J connectivity index is 0.000000367. The van der Waals surface area contributed by atoms with Crippen LogP contribution in [0, 0.1) is 12.3 Å². The summed E-state index contributed by atoms with van der Waals surface area (Å²) in [4.78, 5) is 36.1. The fourth-order valence-corrected chi connectivity index (χ4v) is 4.30. The van der Waals surface area contributed by atoms with Crippen molar-refractivity contribution in [3.63, 3.8) is 0 Å². The third kappa shape index (κ3) is 10.9. The lowest BCUT2D eigenvalue weighted by molar-refractivity contribution is -0.193. The lowest BCUT2D eigenvalue weighted by Gasteiger charge is -2.52. The van der Waals surface area contributed by atoms with Gasteiger partial charge in [0.15, 0.2) is 0 Å². The lowest BCUT2D eigenvalue weighted by Crippen LogP contribution is -2.51. The average molecular weight is 620 g/mol. The summed E-state index contributed by atoms with van der Waals surface area (Å²) in [7, 11) is 0. The van der Waals surface area contributed by atoms with Crippen molar-refractivity contribution in [1.82, 2.24) is 24.8 Å². The van der Waals surface area contributed by atoms with E-state index in [1.807, 2.05) is 13.1 Å². The molecule has 0 amide bonds. The fraction of sp³-hybridized carbons (Fsp3) is 0.565. The Kier molecular flexibility index (Phi) is 11.0. The highest BCUT2D eigenvalue weighted by Crippen LogP contribution is 2.50. The van der Waals surface area contributed by atoms with Crippen LogP contribution in [-0.4, -0.2) is 78.5 Å². The van der Waals surface area contributed by atoms with Crippen molar-refractivity contribution < 1.29 is 59.3 Å². The van der Waals surface area contributed by atoms with Crippen molar-refractivity contribution in [2.75, 3.05) is 18.4 Å². The molecule has 2 aromatic heterocycles. The van der Waals surface area contributed by atoms with Crippen LogP contribution in [0.25, 0.3) is 0 Å². The summed E-state index contributed by atoms with van der Waals surface area (Å²) >= 11 is 0. The molecule has 0 aromatic carbocycles. The van der Waals surface area contributed by atoms with E-state index in [0.29, 0.717) is 5.41 Å². The van der Waals surface area contributed by atoms with Crippen molar-refractivity contribution >= 4 is 17.8 Å². The van der Waals surface area contributed by atoms with Gasteiger partial charge in [-0.3, -0.25) is 14.9 Å². The first-order chi connectivity index (χ1) is 19.2. The molecule has 2 fully saturated rings. The first-order valence-electron chi connectivity index (χ1n) is 12.0. The zero-order chi connectivity index (χ0) is 31.9. The van der Waals surface area contributed by atoms with Gasteiger partial charge in [-0.25, -0.2) is 19.6 Å². The van der Waals surface area contributed by atoms with E-state index in [2.05, 4.69) is 30.2 Å². The number of hydrogen-bond acceptors (Lipinski definition) is 8. The normalized spacial score (nSPS) is 17.2. The van der Waals surface area contributed by atoms with Crippen LogP contribution < -0.4 is 5.32 Å². The predicted octanol–water partition coefficient (Wildman–Crippen LogP) is 4.72. The summed E-state index contributed by atoms with van der Waals surface area (Å²) in [5.74, 6) is -5.27. The molecule has 0 bridgehead atoms. The summed E-state index contributed by atoms with van der Waals surface area (Å²) < 4.78 is 102. The highest BCUT2D eigenvalue weighted by atomic mass is 19.4. The van der Waals surface area contributed by atoms with Crippen molar-refractivity contribution in [3.05, 3.63) is 41.9 Å². The third-order valence-corrected chi connectivity index (χ3v) is 6.26. The average Bonchev–Trinajstić information content (AvgIpc) is 2.84. The Morgan fingerprint density at radius 1 is 0.952 bits per heavy atom. The molecule has 19 heteroatoms. The number of carboxylic acid groups (broad SMARTS) is 2. The maximum absolute atomic E-state index is 12.8. The van der Waals surface area contributed by atoms with Crippen LogP contribution in [0.5, 0.6) is 0 Å². The van der Waals surface area contributed by atoms with E-state index in [1.54, 1.807) is 6.20 Å². The molecule has 1 saturated carbocycles. The number of rotatable bonds is 4. The molecular weight excluding hydrogens is 595 g/mol. The van der Waals surface area contributed by atoms with Gasteiger partial charge in [-0.05, 0) is 51.1 Å². The van der Waals surface area contributed by atoms with Gasteiger partial charge in [0.05, 0.1) is 11.4 Å². The number of nitrogens with one attached hydrogen (secondary N) is 1. The molecule has 3 N–H and O–H groups in total. The summed E-state index contributed by atoms with van der Waals surface area (Å²) in [6.07, 6.45) is -5.94. The number of alkyl halides is 9. The van der Waals surface area contributed by atoms with Crippen molar-refractivity contribution in [3.8, 4) is 0 Å². The second-order valence-electron chi connectivity index (χ2n) is 9.57. The molecule has 1 spiro atoms. The third-order valence-electron chi connectivity index (χ3n) is 6.26. The second kappa shape index (κ2) is 13.5. The summed E-state index contributed by atoms with van der Waals surface area (Å²) in [5.41, 5.74) is 1.31. The summed E-state index contributed by atoms with van der Waals surface area (Å²) in [6.45, 7) is 4.77. The van der Waals surface area contributed by atoms with Gasteiger partial charge >= 0.3 is 30.5 Å². The van der Waals surface area contributed by atoms with E-state index < -0.39 is 36.2 Å². The Morgan fingerprint density at radius 3 is 1.93 bits per heavy atom. The number of aryl methyl sites for hydroxylation is 1. The van der Waals surface area contributed by atoms with E-state index in [9.17, 15) is 39.5 Å². The van der Waals surface area contributed by atoms with E-state index in [0.717, 1.165) is 69.1 Å². The Bertz CT molecular complexity index is 1180. The number of piperidine rings is 1. The molecule has 2 aliphatic rings. The van der Waals surface area contributed by atoms with E-state index in [-0.39, 0.29) is 11.9 Å². The van der Waals surface area contributed by atoms with Crippen LogP contribution in [0.4, 0.5) is 45.3 Å². The molecule has 1 aliphatic carbocycles. The quantitative estimate of drug-likeness (QED) is 0.412. The van der Waals surface area contributed by atoms with Crippen LogP contribution in [-0.2, 0) is 22.3 Å². The number of likely N-dealkylation sites (tertiary alicyclic amines) is 1. The van der Waals surface area contributed by atoms with Crippen LogP contribution in [0.3, 0.4) is 0 Å². The Morgan fingerprint density at radius 2 is 1.48 bits per heavy atom. The van der Waals surface area contributed by atoms with Crippen LogP contribution in [0.1, 0.15) is 42.8 Å². The van der Waals surface area contributed by atoms with Gasteiger partial charge in [0.1, 0.15) is 17.8 Å². The van der Waals surface area contributed by atoms with E-state index >= 15 is 0 Å². The molecule has 234 valence electrons. The molecule has 1 saturated heterocycles. The predicted molar refractivity (Wildman–Crippen MR) is 125 cm³/mol. The highest BCUT2D eigenvalue weighted by Gasteiger charge is 2.46. The summed E-state index contributed by atoms with van der Waals surface area (Å²) in [6, 6.07) is 1.15. The van der Waals surface area contributed by atoms with Crippen LogP contribution >= 0.6 is 0 Å². The van der Waals surface area contributed by atoms with Gasteiger partial charge in [0, 0.05) is 31.0 Å². The number of aromatic nitrogens is 4. The van der Waals surface area contributed by atoms with Gasteiger partial charge in [0.2, 0.25) is 0 Å². The minimum Gasteiger partial charge on any atom is -0.475 e. The Labute approximate surface area is 232 Å². The number of anilines is 1. The zero-order valence-corrected chi connectivity index (χ0v) is 21.7. The fourth-order valence-electron chi connectivity index (χ4n) is 4.30. The molecule has 4 rings (SSSR count). The minimum atomic E-state index is -5.08. The van der Waals surface area contributed by atoms with Crippen molar-refractivity contribution in [1.29, 1.82) is 0 Å². The Hall–Kier alpha value is -3.77. The molecule has 0 unspecified atom stereocenters. The number of carboxylic acids is 2. The number of nitrogens with zero attached hydrogens (tertiary/aromatic N) is 5. The molecule has 10 nitrogen and oxygen atoms in total. The standard InChI is InChI=1S/C19H23F3N6.2C2HF3O2/c1-13-9-23-10-15(26-13)11-28-4-2-18(3-5-28)7-14(8-18)27-17-6-16(19(20,21)22)24-12-25-17;2*3-2(4,5)1(6)7/h6,9-10,12,14H,2-5,7-8,11H2,1H3,(H,24,25,27);2*(H,6,7). The monoisotopic (exact) mass is 620 g/mol. The van der Waals surface area contributed by atoms with Crippen LogP contribution in [0.2, 0.25) is 0 Å². The largest absolute Gasteiger partial charge is 0.490 e. The molecular formula is C23H25F9N6O4. The maximum Gasteiger partial charge on any atom is 0.490 e. The topological polar surface area (TPSA) is 141 Å². The van der Waals surface area contributed by atoms with E-state index in [1.165, 1.54) is 0 Å².